The summed E-state index contributed by atoms with van der Waals surface area (Å²) in [5.74, 6) is -0.317. The minimum atomic E-state index is -0.532. The monoisotopic (exact) mass is 428 g/mol. The highest BCUT2D eigenvalue weighted by molar-refractivity contribution is 5.99. The molecule has 0 aliphatic heterocycles. The van der Waals surface area contributed by atoms with E-state index in [4.69, 9.17) is 0 Å². The number of para-hydroxylation sites is 1. The number of nitro groups is 1. The Labute approximate surface area is 183 Å². The standard InChI is InChI=1S/C24H20N4O4/c1-2-27(16-8-4-3-5-9-16)17-12-13-20(23(29)14-17)25-26-21-15-22(28(31)32)18-10-6-7-11-19(18)24(21)30/h3-15,29-30H,2H2,1H3. The molecule has 4 aromatic rings. The van der Waals surface area contributed by atoms with Gasteiger partial charge in [0.05, 0.1) is 10.3 Å². The Balaban J connectivity index is 1.69. The number of hydrogen-bond donors (Lipinski definition) is 2. The van der Waals surface area contributed by atoms with Gasteiger partial charge in [-0.1, -0.05) is 36.4 Å². The van der Waals surface area contributed by atoms with Crippen molar-refractivity contribution in [2.24, 2.45) is 10.2 Å². The highest BCUT2D eigenvalue weighted by Gasteiger charge is 2.18. The summed E-state index contributed by atoms with van der Waals surface area (Å²) in [7, 11) is 0. The van der Waals surface area contributed by atoms with Crippen LogP contribution in [0.5, 0.6) is 11.5 Å². The molecule has 160 valence electrons. The van der Waals surface area contributed by atoms with E-state index in [1.807, 2.05) is 42.2 Å². The number of phenolic OH excluding ortho intramolecular Hbond substituents is 2. The molecule has 2 N–H and O–H groups in total. The second-order valence-electron chi connectivity index (χ2n) is 7.02. The summed E-state index contributed by atoms with van der Waals surface area (Å²) < 4.78 is 0. The Morgan fingerprint density at radius 1 is 0.844 bits per heavy atom. The zero-order valence-corrected chi connectivity index (χ0v) is 17.2. The van der Waals surface area contributed by atoms with E-state index in [1.165, 1.54) is 6.07 Å². The molecule has 8 nitrogen and oxygen atoms in total. The van der Waals surface area contributed by atoms with Crippen LogP contribution in [-0.4, -0.2) is 21.7 Å². The van der Waals surface area contributed by atoms with E-state index < -0.39 is 4.92 Å². The van der Waals surface area contributed by atoms with Crippen molar-refractivity contribution in [3.8, 4) is 11.5 Å². The lowest BCUT2D eigenvalue weighted by atomic mass is 10.1. The lowest BCUT2D eigenvalue weighted by Crippen LogP contribution is -2.15. The maximum absolute atomic E-state index is 11.5. The maximum Gasteiger partial charge on any atom is 0.279 e. The minimum Gasteiger partial charge on any atom is -0.506 e. The SMILES string of the molecule is CCN(c1ccccc1)c1ccc(N=Nc2cc([N+](=O)[O-])c3ccccc3c2O)c(O)c1. The fourth-order valence-corrected chi connectivity index (χ4v) is 3.55. The smallest absolute Gasteiger partial charge is 0.279 e. The Bertz CT molecular complexity index is 1320. The van der Waals surface area contributed by atoms with Crippen LogP contribution < -0.4 is 4.90 Å². The molecule has 0 unspecified atom stereocenters. The number of anilines is 2. The van der Waals surface area contributed by atoms with E-state index in [-0.39, 0.29) is 28.6 Å². The van der Waals surface area contributed by atoms with Crippen LogP contribution in [0.4, 0.5) is 28.4 Å². The van der Waals surface area contributed by atoms with Crippen molar-refractivity contribution in [2.45, 2.75) is 6.92 Å². The van der Waals surface area contributed by atoms with Gasteiger partial charge >= 0.3 is 0 Å². The third kappa shape index (κ3) is 3.93. The summed E-state index contributed by atoms with van der Waals surface area (Å²) in [6, 6.07) is 22.4. The predicted octanol–water partition coefficient (Wildman–Crippen LogP) is 6.73. The van der Waals surface area contributed by atoms with Crippen LogP contribution in [0.25, 0.3) is 10.8 Å². The molecule has 8 heteroatoms. The molecular formula is C24H20N4O4. The highest BCUT2D eigenvalue weighted by atomic mass is 16.6. The number of rotatable bonds is 6. The molecule has 32 heavy (non-hydrogen) atoms. The van der Waals surface area contributed by atoms with E-state index in [0.717, 1.165) is 11.4 Å². The van der Waals surface area contributed by atoms with Crippen LogP contribution in [0.2, 0.25) is 0 Å². The van der Waals surface area contributed by atoms with Gasteiger partial charge in [0.1, 0.15) is 17.1 Å². The van der Waals surface area contributed by atoms with Crippen molar-refractivity contribution in [1.82, 2.24) is 0 Å². The number of fused-ring (bicyclic) bond motifs is 1. The Morgan fingerprint density at radius 2 is 1.50 bits per heavy atom. The van der Waals surface area contributed by atoms with Crippen molar-refractivity contribution in [1.29, 1.82) is 0 Å². The summed E-state index contributed by atoms with van der Waals surface area (Å²) in [6.45, 7) is 2.70. The molecule has 0 aliphatic carbocycles. The van der Waals surface area contributed by atoms with E-state index in [1.54, 1.807) is 42.5 Å². The first-order valence-corrected chi connectivity index (χ1v) is 9.96. The first-order valence-electron chi connectivity index (χ1n) is 9.96. The van der Waals surface area contributed by atoms with E-state index in [2.05, 4.69) is 10.2 Å². The van der Waals surface area contributed by atoms with Gasteiger partial charge in [0.2, 0.25) is 0 Å². The van der Waals surface area contributed by atoms with Gasteiger partial charge in [-0.25, -0.2) is 0 Å². The Morgan fingerprint density at radius 3 is 2.16 bits per heavy atom. The second kappa shape index (κ2) is 8.73. The summed E-state index contributed by atoms with van der Waals surface area (Å²) >= 11 is 0. The number of phenols is 2. The third-order valence-electron chi connectivity index (χ3n) is 5.09. The summed E-state index contributed by atoms with van der Waals surface area (Å²) in [6.07, 6.45) is 0. The average Bonchev–Trinajstić information content (AvgIpc) is 2.81. The first kappa shape index (κ1) is 20.8. The zero-order chi connectivity index (χ0) is 22.7. The van der Waals surface area contributed by atoms with Crippen LogP contribution in [0.1, 0.15) is 6.92 Å². The molecule has 0 fully saturated rings. The quantitative estimate of drug-likeness (QED) is 0.201. The molecular weight excluding hydrogens is 408 g/mol. The first-order chi connectivity index (χ1) is 15.5. The van der Waals surface area contributed by atoms with E-state index in [0.29, 0.717) is 17.3 Å². The van der Waals surface area contributed by atoms with Crippen molar-refractivity contribution in [3.05, 3.63) is 89.0 Å². The molecule has 0 saturated carbocycles. The number of azo groups is 1. The molecule has 0 amide bonds. The van der Waals surface area contributed by atoms with Crippen molar-refractivity contribution in [2.75, 3.05) is 11.4 Å². The van der Waals surface area contributed by atoms with Gasteiger partial charge in [-0.05, 0) is 37.3 Å². The third-order valence-corrected chi connectivity index (χ3v) is 5.09. The van der Waals surface area contributed by atoms with Crippen LogP contribution in [0, 0.1) is 10.1 Å². The largest absolute Gasteiger partial charge is 0.506 e. The molecule has 0 aliphatic rings. The molecule has 0 bridgehead atoms. The second-order valence-corrected chi connectivity index (χ2v) is 7.02. The summed E-state index contributed by atoms with van der Waals surface area (Å²) in [5, 5.41) is 41.1. The Hall–Kier alpha value is -4.46. The number of hydrogen-bond acceptors (Lipinski definition) is 7. The van der Waals surface area contributed by atoms with Crippen molar-refractivity contribution in [3.63, 3.8) is 0 Å². The van der Waals surface area contributed by atoms with Gasteiger partial charge < -0.3 is 15.1 Å². The van der Waals surface area contributed by atoms with Crippen LogP contribution >= 0.6 is 0 Å². The zero-order valence-electron chi connectivity index (χ0n) is 17.2. The number of benzene rings is 4. The average molecular weight is 428 g/mol. The molecule has 0 aromatic heterocycles. The molecule has 0 saturated heterocycles. The lowest BCUT2D eigenvalue weighted by Gasteiger charge is -2.23. The van der Waals surface area contributed by atoms with Gasteiger partial charge in [0.15, 0.2) is 5.75 Å². The number of nitro benzene ring substituents is 1. The van der Waals surface area contributed by atoms with Crippen molar-refractivity contribution < 1.29 is 15.1 Å². The van der Waals surface area contributed by atoms with Crippen LogP contribution in [0.15, 0.2) is 89.1 Å². The van der Waals surface area contributed by atoms with E-state index >= 15 is 0 Å². The highest BCUT2D eigenvalue weighted by Crippen LogP contribution is 2.42. The summed E-state index contributed by atoms with van der Waals surface area (Å²) in [5.41, 5.74) is 1.69. The summed E-state index contributed by atoms with van der Waals surface area (Å²) in [4.78, 5) is 13.0. The topological polar surface area (TPSA) is 112 Å². The number of non-ortho nitro benzene ring substituents is 1. The van der Waals surface area contributed by atoms with Gasteiger partial charge in [0, 0.05) is 35.4 Å². The maximum atomic E-state index is 11.5. The number of aromatic hydroxyl groups is 2. The van der Waals surface area contributed by atoms with E-state index in [9.17, 15) is 20.3 Å². The molecule has 0 atom stereocenters. The van der Waals surface area contributed by atoms with Crippen LogP contribution in [0.3, 0.4) is 0 Å². The Kier molecular flexibility index (Phi) is 5.67. The normalized spacial score (nSPS) is 11.2. The fraction of sp³-hybridized carbons (Fsp3) is 0.0833. The molecule has 4 rings (SSSR count). The fourth-order valence-electron chi connectivity index (χ4n) is 3.55. The minimum absolute atomic E-state index is 0.0571. The molecule has 0 heterocycles. The number of nitrogens with zero attached hydrogens (tertiary/aromatic N) is 4. The van der Waals surface area contributed by atoms with Gasteiger partial charge in [-0.15, -0.1) is 10.2 Å². The van der Waals surface area contributed by atoms with Gasteiger partial charge in [0.25, 0.3) is 5.69 Å². The predicted molar refractivity (Wildman–Crippen MR) is 124 cm³/mol. The molecule has 4 aromatic carbocycles. The van der Waals surface area contributed by atoms with Gasteiger partial charge in [-0.2, -0.15) is 0 Å². The molecule has 0 radical (unpaired) electrons. The van der Waals surface area contributed by atoms with Crippen LogP contribution in [-0.2, 0) is 0 Å². The molecule has 0 spiro atoms. The van der Waals surface area contributed by atoms with Crippen molar-refractivity contribution >= 4 is 39.2 Å². The lowest BCUT2D eigenvalue weighted by molar-refractivity contribution is -0.383. The van der Waals surface area contributed by atoms with Gasteiger partial charge in [-0.3, -0.25) is 10.1 Å².